The van der Waals surface area contributed by atoms with E-state index in [-0.39, 0.29) is 17.9 Å². The third-order valence-corrected chi connectivity index (χ3v) is 4.19. The maximum absolute atomic E-state index is 12.1. The third kappa shape index (κ3) is 5.03. The zero-order valence-electron chi connectivity index (χ0n) is 14.5. The molecule has 5 heteroatoms. The molecule has 0 radical (unpaired) electrons. The molecule has 0 spiro atoms. The monoisotopic (exact) mass is 320 g/mol. The Labute approximate surface area is 138 Å². The minimum Gasteiger partial charge on any atom is -0.387 e. The number of morpholine rings is 1. The highest BCUT2D eigenvalue weighted by Crippen LogP contribution is 2.23. The van der Waals surface area contributed by atoms with Crippen molar-refractivity contribution in [2.45, 2.75) is 38.4 Å². The SMILES string of the molecule is CN1CCOC(C(=O)NCC(O)c2ccc(C(C)(C)C)cc2)C1. The molecule has 2 unspecified atom stereocenters. The summed E-state index contributed by atoms with van der Waals surface area (Å²) in [5.41, 5.74) is 2.11. The van der Waals surface area contributed by atoms with Gasteiger partial charge in [-0.3, -0.25) is 4.79 Å². The number of aliphatic hydroxyl groups excluding tert-OH is 1. The lowest BCUT2D eigenvalue weighted by Gasteiger charge is -2.29. The van der Waals surface area contributed by atoms with Gasteiger partial charge >= 0.3 is 0 Å². The largest absolute Gasteiger partial charge is 0.387 e. The van der Waals surface area contributed by atoms with E-state index in [1.165, 1.54) is 5.56 Å². The Morgan fingerprint density at radius 1 is 1.39 bits per heavy atom. The standard InChI is InChI=1S/C18H28N2O3/c1-18(2,3)14-7-5-13(6-8-14)15(21)11-19-17(22)16-12-20(4)9-10-23-16/h5-8,15-16,21H,9-12H2,1-4H3,(H,19,22). The lowest BCUT2D eigenvalue weighted by Crippen LogP contribution is -2.49. The minimum atomic E-state index is -0.714. The Morgan fingerprint density at radius 2 is 2.04 bits per heavy atom. The molecule has 128 valence electrons. The molecule has 0 saturated carbocycles. The van der Waals surface area contributed by atoms with Gasteiger partial charge in [0.1, 0.15) is 6.10 Å². The summed E-state index contributed by atoms with van der Waals surface area (Å²) in [6.45, 7) is 8.64. The summed E-state index contributed by atoms with van der Waals surface area (Å²) < 4.78 is 5.47. The molecule has 1 aliphatic heterocycles. The molecular weight excluding hydrogens is 292 g/mol. The van der Waals surface area contributed by atoms with Crippen LogP contribution in [-0.4, -0.2) is 55.3 Å². The second-order valence-corrected chi connectivity index (χ2v) is 7.25. The van der Waals surface area contributed by atoms with E-state index in [0.717, 1.165) is 12.1 Å². The quantitative estimate of drug-likeness (QED) is 0.882. The van der Waals surface area contributed by atoms with Crippen molar-refractivity contribution in [2.75, 3.05) is 33.3 Å². The number of carbonyl (C=O) groups is 1. The number of carbonyl (C=O) groups excluding carboxylic acids is 1. The van der Waals surface area contributed by atoms with Gasteiger partial charge in [0.05, 0.1) is 12.7 Å². The molecular formula is C18H28N2O3. The molecule has 1 aliphatic rings. The molecule has 1 saturated heterocycles. The normalized spacial score (nSPS) is 21.0. The van der Waals surface area contributed by atoms with Crippen molar-refractivity contribution in [1.29, 1.82) is 0 Å². The van der Waals surface area contributed by atoms with Gasteiger partial charge in [0.25, 0.3) is 5.91 Å². The van der Waals surface area contributed by atoms with Crippen LogP contribution in [0.25, 0.3) is 0 Å². The van der Waals surface area contributed by atoms with Gasteiger partial charge in [0.15, 0.2) is 0 Å². The zero-order chi connectivity index (χ0) is 17.0. The number of nitrogens with one attached hydrogen (secondary N) is 1. The van der Waals surface area contributed by atoms with Crippen molar-refractivity contribution >= 4 is 5.91 Å². The minimum absolute atomic E-state index is 0.0854. The summed E-state index contributed by atoms with van der Waals surface area (Å²) in [6, 6.07) is 7.89. The van der Waals surface area contributed by atoms with Crippen LogP contribution in [0.2, 0.25) is 0 Å². The molecule has 1 fully saturated rings. The molecule has 1 heterocycles. The molecule has 1 aromatic rings. The fourth-order valence-electron chi connectivity index (χ4n) is 2.57. The summed E-state index contributed by atoms with van der Waals surface area (Å²) >= 11 is 0. The first-order valence-corrected chi connectivity index (χ1v) is 8.14. The van der Waals surface area contributed by atoms with Crippen LogP contribution in [0.15, 0.2) is 24.3 Å². The maximum atomic E-state index is 12.1. The number of ether oxygens (including phenoxy) is 1. The van der Waals surface area contributed by atoms with Crippen molar-refractivity contribution in [3.8, 4) is 0 Å². The smallest absolute Gasteiger partial charge is 0.250 e. The summed E-state index contributed by atoms with van der Waals surface area (Å²) in [5, 5.41) is 13.0. The van der Waals surface area contributed by atoms with E-state index in [1.807, 2.05) is 31.3 Å². The fraction of sp³-hybridized carbons (Fsp3) is 0.611. The molecule has 0 aromatic heterocycles. The van der Waals surface area contributed by atoms with Crippen molar-refractivity contribution in [1.82, 2.24) is 10.2 Å². The number of nitrogens with zero attached hydrogens (tertiary/aromatic N) is 1. The van der Waals surface area contributed by atoms with Crippen molar-refractivity contribution in [3.05, 3.63) is 35.4 Å². The van der Waals surface area contributed by atoms with Gasteiger partial charge < -0.3 is 20.1 Å². The topological polar surface area (TPSA) is 61.8 Å². The highest BCUT2D eigenvalue weighted by atomic mass is 16.5. The second-order valence-electron chi connectivity index (χ2n) is 7.25. The van der Waals surface area contributed by atoms with Gasteiger partial charge in [0.2, 0.25) is 0 Å². The number of aliphatic hydroxyl groups is 1. The second kappa shape index (κ2) is 7.43. The van der Waals surface area contributed by atoms with E-state index in [9.17, 15) is 9.90 Å². The van der Waals surface area contributed by atoms with Gasteiger partial charge in [-0.1, -0.05) is 45.0 Å². The Kier molecular flexibility index (Phi) is 5.79. The van der Waals surface area contributed by atoms with Gasteiger partial charge in [0, 0.05) is 19.6 Å². The van der Waals surface area contributed by atoms with Crippen LogP contribution >= 0.6 is 0 Å². The number of amides is 1. The zero-order valence-corrected chi connectivity index (χ0v) is 14.5. The molecule has 0 aliphatic carbocycles. The summed E-state index contributed by atoms with van der Waals surface area (Å²) in [4.78, 5) is 14.2. The Hall–Kier alpha value is -1.43. The number of hydrogen-bond donors (Lipinski definition) is 2. The first-order valence-electron chi connectivity index (χ1n) is 8.14. The first kappa shape index (κ1) is 17.9. The summed E-state index contributed by atoms with van der Waals surface area (Å²) in [5.74, 6) is -0.165. The van der Waals surface area contributed by atoms with E-state index in [1.54, 1.807) is 0 Å². The fourth-order valence-corrected chi connectivity index (χ4v) is 2.57. The van der Waals surface area contributed by atoms with Gasteiger partial charge in [-0.15, -0.1) is 0 Å². The van der Waals surface area contributed by atoms with Crippen LogP contribution in [0.5, 0.6) is 0 Å². The van der Waals surface area contributed by atoms with Crippen LogP contribution in [0, 0.1) is 0 Å². The molecule has 2 atom stereocenters. The molecule has 0 bridgehead atoms. The third-order valence-electron chi connectivity index (χ3n) is 4.19. The van der Waals surface area contributed by atoms with Crippen LogP contribution in [0.3, 0.4) is 0 Å². The lowest BCUT2D eigenvalue weighted by molar-refractivity contribution is -0.138. The lowest BCUT2D eigenvalue weighted by atomic mass is 9.86. The average Bonchev–Trinajstić information content (AvgIpc) is 2.51. The number of likely N-dealkylation sites (N-methyl/N-ethyl adjacent to an activating group) is 1. The van der Waals surface area contributed by atoms with E-state index in [4.69, 9.17) is 4.74 Å². The van der Waals surface area contributed by atoms with Gasteiger partial charge in [-0.05, 0) is 23.6 Å². The number of rotatable bonds is 4. The van der Waals surface area contributed by atoms with Crippen molar-refractivity contribution < 1.29 is 14.6 Å². The molecule has 5 nitrogen and oxygen atoms in total. The Bertz CT molecular complexity index is 522. The molecule has 1 aromatic carbocycles. The maximum Gasteiger partial charge on any atom is 0.250 e. The van der Waals surface area contributed by atoms with E-state index in [2.05, 4.69) is 31.0 Å². The highest BCUT2D eigenvalue weighted by Gasteiger charge is 2.25. The Morgan fingerprint density at radius 3 is 2.61 bits per heavy atom. The predicted molar refractivity (Wildman–Crippen MR) is 90.3 cm³/mol. The molecule has 2 rings (SSSR count). The number of hydrogen-bond acceptors (Lipinski definition) is 4. The van der Waals surface area contributed by atoms with Gasteiger partial charge in [-0.2, -0.15) is 0 Å². The summed E-state index contributed by atoms with van der Waals surface area (Å²) in [6.07, 6.45) is -1.17. The first-order chi connectivity index (χ1) is 10.8. The predicted octanol–water partition coefficient (Wildman–Crippen LogP) is 1.46. The van der Waals surface area contributed by atoms with Crippen LogP contribution in [0.1, 0.15) is 38.0 Å². The van der Waals surface area contributed by atoms with E-state index in [0.29, 0.717) is 13.2 Å². The van der Waals surface area contributed by atoms with Crippen LogP contribution < -0.4 is 5.32 Å². The van der Waals surface area contributed by atoms with Crippen LogP contribution in [-0.2, 0) is 14.9 Å². The van der Waals surface area contributed by atoms with Crippen molar-refractivity contribution in [3.63, 3.8) is 0 Å². The van der Waals surface area contributed by atoms with E-state index >= 15 is 0 Å². The molecule has 23 heavy (non-hydrogen) atoms. The Balaban J connectivity index is 1.86. The molecule has 1 amide bonds. The van der Waals surface area contributed by atoms with Crippen LogP contribution in [0.4, 0.5) is 0 Å². The molecule has 2 N–H and O–H groups in total. The average molecular weight is 320 g/mol. The number of benzene rings is 1. The highest BCUT2D eigenvalue weighted by molar-refractivity contribution is 5.81. The van der Waals surface area contributed by atoms with E-state index < -0.39 is 12.2 Å². The summed E-state index contributed by atoms with van der Waals surface area (Å²) in [7, 11) is 1.97. The van der Waals surface area contributed by atoms with Gasteiger partial charge in [-0.25, -0.2) is 0 Å². The van der Waals surface area contributed by atoms with Crippen molar-refractivity contribution in [2.24, 2.45) is 0 Å².